The summed E-state index contributed by atoms with van der Waals surface area (Å²) in [5.41, 5.74) is 7.68. The van der Waals surface area contributed by atoms with E-state index in [9.17, 15) is 9.59 Å². The van der Waals surface area contributed by atoms with Crippen LogP contribution in [0.4, 0.5) is 11.4 Å². The molecular weight excluding hydrogens is 437 g/mol. The molecule has 0 aliphatic carbocycles. The number of nitrogens with zero attached hydrogens (tertiary/aromatic N) is 2. The van der Waals surface area contributed by atoms with Crippen molar-refractivity contribution in [3.63, 3.8) is 0 Å². The highest BCUT2D eigenvalue weighted by Gasteiger charge is 2.18. The fraction of sp³-hybridized carbons (Fsp3) is 0.0526. The summed E-state index contributed by atoms with van der Waals surface area (Å²) in [5, 5.41) is 4.77. The summed E-state index contributed by atoms with van der Waals surface area (Å²) in [7, 11) is 0. The molecule has 0 radical (unpaired) electrons. The van der Waals surface area contributed by atoms with Crippen molar-refractivity contribution < 1.29 is 9.59 Å². The summed E-state index contributed by atoms with van der Waals surface area (Å²) in [6.07, 6.45) is 3.65. The zero-order chi connectivity index (χ0) is 21.1. The zero-order valence-electron chi connectivity index (χ0n) is 14.9. The largest absolute Gasteiger partial charge is 0.326 e. The van der Waals surface area contributed by atoms with Gasteiger partial charge >= 0.3 is 0 Å². The van der Waals surface area contributed by atoms with E-state index in [-0.39, 0.29) is 12.2 Å². The van der Waals surface area contributed by atoms with E-state index in [1.165, 1.54) is 6.07 Å². The number of aromatic nitrogens is 1. The molecule has 1 heterocycles. The van der Waals surface area contributed by atoms with Crippen molar-refractivity contribution in [3.8, 4) is 5.69 Å². The van der Waals surface area contributed by atoms with Crippen LogP contribution in [-0.2, 0) is 11.3 Å². The van der Waals surface area contributed by atoms with Crippen molar-refractivity contribution in [1.82, 2.24) is 4.57 Å². The molecule has 0 atom stereocenters. The fourth-order valence-corrected chi connectivity index (χ4v) is 3.63. The number of amides is 2. The number of rotatable bonds is 6. The van der Waals surface area contributed by atoms with E-state index < -0.39 is 5.91 Å². The number of hydrogen-bond acceptors (Lipinski definition) is 4. The van der Waals surface area contributed by atoms with Gasteiger partial charge in [-0.3, -0.25) is 9.59 Å². The zero-order valence-corrected chi connectivity index (χ0v) is 17.2. The van der Waals surface area contributed by atoms with Gasteiger partial charge in [-0.1, -0.05) is 40.9 Å². The van der Waals surface area contributed by atoms with E-state index >= 15 is 0 Å². The van der Waals surface area contributed by atoms with Crippen LogP contribution in [0, 0.1) is 0 Å². The second kappa shape index (κ2) is 8.86. The first-order valence-electron chi connectivity index (χ1n) is 8.31. The molecule has 7 nitrogen and oxygen atoms in total. The van der Waals surface area contributed by atoms with Gasteiger partial charge < -0.3 is 15.6 Å². The van der Waals surface area contributed by atoms with Crippen molar-refractivity contribution in [3.05, 3.63) is 75.0 Å². The van der Waals surface area contributed by atoms with E-state index in [4.69, 9.17) is 46.4 Å². The van der Waals surface area contributed by atoms with Crippen molar-refractivity contribution in [2.75, 3.05) is 10.3 Å². The molecule has 10 heteroatoms. The Morgan fingerprint density at radius 3 is 2.48 bits per heavy atom. The molecule has 5 N–H and O–H groups in total. The fourth-order valence-electron chi connectivity index (χ4n) is 2.80. The van der Waals surface area contributed by atoms with Gasteiger partial charge in [-0.15, -0.1) is 0 Å². The number of hydrogen-bond donors (Lipinski definition) is 3. The highest BCUT2D eigenvalue weighted by molar-refractivity contribution is 6.37. The summed E-state index contributed by atoms with van der Waals surface area (Å²) in [6, 6.07) is 9.78. The van der Waals surface area contributed by atoms with E-state index in [1.54, 1.807) is 47.3 Å². The Hall–Kier alpha value is -2.55. The standard InChI is InChI=1S/C19H16Cl3N5O2/c20-13-6-12(8-23)17(16(7-13)27(24)10-28)25-19(29)11-4-5-26(9-11)18-14(21)2-1-3-15(18)22/h1-7,9-10H,8,23-24H2,(H,25,29). The van der Waals surface area contributed by atoms with Gasteiger partial charge in [0, 0.05) is 24.0 Å². The number of carbonyl (C=O) groups is 2. The maximum Gasteiger partial charge on any atom is 0.257 e. The Kier molecular flexibility index (Phi) is 6.46. The molecule has 0 saturated heterocycles. The number of nitrogens with one attached hydrogen (secondary N) is 1. The maximum atomic E-state index is 12.8. The van der Waals surface area contributed by atoms with Gasteiger partial charge in [0.05, 0.1) is 32.7 Å². The molecule has 0 unspecified atom stereocenters. The molecule has 0 aliphatic heterocycles. The van der Waals surface area contributed by atoms with Crippen molar-refractivity contribution in [2.45, 2.75) is 6.54 Å². The quantitative estimate of drug-likeness (QED) is 0.227. The number of hydrazine groups is 1. The maximum absolute atomic E-state index is 12.8. The summed E-state index contributed by atoms with van der Waals surface area (Å²) in [6.45, 7) is 0.0755. The second-order valence-electron chi connectivity index (χ2n) is 6.01. The number of carbonyl (C=O) groups excluding carboxylic acids is 2. The van der Waals surface area contributed by atoms with Crippen LogP contribution < -0.4 is 21.9 Å². The Balaban J connectivity index is 1.96. The normalized spacial score (nSPS) is 10.7. The minimum absolute atomic E-state index is 0.0755. The summed E-state index contributed by atoms with van der Waals surface area (Å²) < 4.78 is 1.65. The third kappa shape index (κ3) is 4.39. The first kappa shape index (κ1) is 21.2. The third-order valence-electron chi connectivity index (χ3n) is 4.16. The van der Waals surface area contributed by atoms with Gasteiger partial charge in [-0.2, -0.15) is 0 Å². The molecule has 3 rings (SSSR count). The van der Waals surface area contributed by atoms with E-state index in [1.807, 2.05) is 0 Å². The molecular formula is C19H16Cl3N5O2. The van der Waals surface area contributed by atoms with Gasteiger partial charge in [0.1, 0.15) is 0 Å². The van der Waals surface area contributed by atoms with Crippen LogP contribution in [-0.4, -0.2) is 16.9 Å². The molecule has 0 spiro atoms. The van der Waals surface area contributed by atoms with Crippen molar-refractivity contribution >= 4 is 58.5 Å². The second-order valence-corrected chi connectivity index (χ2v) is 7.26. The molecule has 29 heavy (non-hydrogen) atoms. The van der Waals surface area contributed by atoms with Gasteiger partial charge in [-0.05, 0) is 35.9 Å². The van der Waals surface area contributed by atoms with E-state index in [0.29, 0.717) is 44.0 Å². The Bertz CT molecular complexity index is 1060. The molecule has 0 fully saturated rings. The van der Waals surface area contributed by atoms with Crippen LogP contribution in [0.5, 0.6) is 0 Å². The first-order valence-corrected chi connectivity index (χ1v) is 9.44. The molecule has 0 bridgehead atoms. The third-order valence-corrected chi connectivity index (χ3v) is 4.99. The molecule has 3 aromatic rings. The SMILES string of the molecule is NCc1cc(Cl)cc(N(N)C=O)c1NC(=O)c1ccn(-c2c(Cl)cccc2Cl)c1. The van der Waals surface area contributed by atoms with Crippen molar-refractivity contribution in [2.24, 2.45) is 11.6 Å². The average Bonchev–Trinajstić information content (AvgIpc) is 3.18. The molecule has 0 aliphatic rings. The highest BCUT2D eigenvalue weighted by Crippen LogP contribution is 2.33. The minimum atomic E-state index is -0.440. The predicted octanol–water partition coefficient (Wildman–Crippen LogP) is 3.99. The monoisotopic (exact) mass is 451 g/mol. The number of nitrogens with two attached hydrogens (primary N) is 2. The number of benzene rings is 2. The molecule has 150 valence electrons. The molecule has 0 saturated carbocycles. The van der Waals surface area contributed by atoms with Crippen LogP contribution in [0.15, 0.2) is 48.8 Å². The smallest absolute Gasteiger partial charge is 0.257 e. The highest BCUT2D eigenvalue weighted by atomic mass is 35.5. The van der Waals surface area contributed by atoms with E-state index in [2.05, 4.69) is 5.32 Å². The minimum Gasteiger partial charge on any atom is -0.326 e. The lowest BCUT2D eigenvalue weighted by Crippen LogP contribution is -2.30. The van der Waals surface area contributed by atoms with Gasteiger partial charge in [-0.25, -0.2) is 10.9 Å². The van der Waals surface area contributed by atoms with Crippen LogP contribution in [0.2, 0.25) is 15.1 Å². The topological polar surface area (TPSA) is 106 Å². The lowest BCUT2D eigenvalue weighted by Gasteiger charge is -2.19. The summed E-state index contributed by atoms with van der Waals surface area (Å²) in [4.78, 5) is 24.0. The van der Waals surface area contributed by atoms with Crippen molar-refractivity contribution in [1.29, 1.82) is 0 Å². The first-order chi connectivity index (χ1) is 13.8. The van der Waals surface area contributed by atoms with Crippen LogP contribution >= 0.6 is 34.8 Å². The Morgan fingerprint density at radius 1 is 1.17 bits per heavy atom. The molecule has 2 amide bonds. The predicted molar refractivity (Wildman–Crippen MR) is 116 cm³/mol. The molecule has 2 aromatic carbocycles. The Labute approximate surface area is 181 Å². The average molecular weight is 453 g/mol. The van der Waals surface area contributed by atoms with Gasteiger partial charge in [0.15, 0.2) is 0 Å². The van der Waals surface area contributed by atoms with Crippen LogP contribution in [0.25, 0.3) is 5.69 Å². The van der Waals surface area contributed by atoms with E-state index in [0.717, 1.165) is 5.01 Å². The number of halogens is 3. The van der Waals surface area contributed by atoms with Gasteiger partial charge in [0.25, 0.3) is 5.91 Å². The Morgan fingerprint density at radius 2 is 1.86 bits per heavy atom. The summed E-state index contributed by atoms with van der Waals surface area (Å²) >= 11 is 18.5. The summed E-state index contributed by atoms with van der Waals surface area (Å²) in [5.74, 6) is 5.26. The van der Waals surface area contributed by atoms with Crippen LogP contribution in [0.1, 0.15) is 15.9 Å². The lowest BCUT2D eigenvalue weighted by molar-refractivity contribution is -0.107. The number of para-hydroxylation sites is 1. The molecule has 1 aromatic heterocycles. The van der Waals surface area contributed by atoms with Crippen LogP contribution in [0.3, 0.4) is 0 Å². The van der Waals surface area contributed by atoms with Gasteiger partial charge in [0.2, 0.25) is 6.41 Å². The number of anilines is 2. The lowest BCUT2D eigenvalue weighted by atomic mass is 10.1.